The van der Waals surface area contributed by atoms with Crippen LogP contribution in [0.1, 0.15) is 11.7 Å². The summed E-state index contributed by atoms with van der Waals surface area (Å²) in [7, 11) is 1.23. The van der Waals surface area contributed by atoms with E-state index in [9.17, 15) is 50.8 Å². The number of fused-ring (bicyclic) bond motifs is 1. The third-order valence-corrected chi connectivity index (χ3v) is 7.36. The molecule has 15 heteroatoms. The molecule has 9 N–H and O–H groups in total. The van der Waals surface area contributed by atoms with Crippen LogP contribution in [-0.2, 0) is 14.2 Å². The molecule has 0 aliphatic carbocycles. The average Bonchev–Trinajstić information content (AvgIpc) is 2.96. The average molecular weight is 595 g/mol. The maximum atomic E-state index is 13.2. The van der Waals surface area contributed by atoms with E-state index >= 15 is 0 Å². The predicted octanol–water partition coefficient (Wildman–Crippen LogP) is -1.44. The summed E-state index contributed by atoms with van der Waals surface area (Å²) in [5, 5.41) is 92.0. The number of aliphatic hydroxyl groups is 6. The van der Waals surface area contributed by atoms with Gasteiger partial charge in [-0.2, -0.15) is 0 Å². The van der Waals surface area contributed by atoms with Crippen molar-refractivity contribution < 1.29 is 69.3 Å². The largest absolute Gasteiger partial charge is 0.507 e. The van der Waals surface area contributed by atoms with Gasteiger partial charge in [0.15, 0.2) is 28.8 Å². The Balaban J connectivity index is 1.70. The van der Waals surface area contributed by atoms with Gasteiger partial charge in [-0.15, -0.1) is 0 Å². The Hall–Kier alpha value is -3.51. The van der Waals surface area contributed by atoms with E-state index in [-0.39, 0.29) is 33.6 Å². The van der Waals surface area contributed by atoms with Crippen LogP contribution in [0.25, 0.3) is 22.3 Å². The molecular formula is C27H30O15. The molecule has 0 unspecified atom stereocenters. The first kappa shape index (κ1) is 30.0. The van der Waals surface area contributed by atoms with Gasteiger partial charge in [-0.3, -0.25) is 4.79 Å². The molecule has 2 fully saturated rings. The minimum atomic E-state index is -1.82. The third kappa shape index (κ3) is 5.15. The number of aliphatic hydroxyl groups excluding tert-OH is 6. The van der Waals surface area contributed by atoms with Gasteiger partial charge in [0.1, 0.15) is 71.5 Å². The van der Waals surface area contributed by atoms with Crippen molar-refractivity contribution in [2.75, 3.05) is 20.3 Å². The van der Waals surface area contributed by atoms with Crippen LogP contribution in [0, 0.1) is 0 Å². The lowest BCUT2D eigenvalue weighted by Gasteiger charge is -2.45. The summed E-state index contributed by atoms with van der Waals surface area (Å²) in [6.45, 7) is -1.21. The number of hydrogen-bond donors (Lipinski definition) is 9. The second kappa shape index (κ2) is 11.6. The number of methoxy groups -OCH3 is 1. The fourth-order valence-corrected chi connectivity index (χ4v) is 5.10. The lowest BCUT2D eigenvalue weighted by Crippen LogP contribution is -2.60. The quantitative estimate of drug-likeness (QED) is 0.148. The van der Waals surface area contributed by atoms with Gasteiger partial charge in [0, 0.05) is 17.7 Å². The van der Waals surface area contributed by atoms with E-state index in [0.29, 0.717) is 0 Å². The molecule has 2 aromatic carbocycles. The topological polar surface area (TPSA) is 249 Å². The number of rotatable bonds is 6. The fourth-order valence-electron chi connectivity index (χ4n) is 5.10. The Labute approximate surface area is 236 Å². The van der Waals surface area contributed by atoms with Crippen molar-refractivity contribution in [1.82, 2.24) is 0 Å². The van der Waals surface area contributed by atoms with Gasteiger partial charge in [0.05, 0.1) is 25.9 Å². The van der Waals surface area contributed by atoms with E-state index in [0.717, 1.165) is 24.3 Å². The first-order valence-corrected chi connectivity index (χ1v) is 12.8. The number of benzene rings is 2. The summed E-state index contributed by atoms with van der Waals surface area (Å²) in [5.74, 6) is -1.73. The number of aromatic hydroxyl groups is 3. The molecule has 1 aromatic heterocycles. The number of ether oxygens (including phenoxy) is 4. The highest BCUT2D eigenvalue weighted by Crippen LogP contribution is 2.45. The molecule has 0 radical (unpaired) electrons. The summed E-state index contributed by atoms with van der Waals surface area (Å²) < 4.78 is 28.5. The van der Waals surface area contributed by atoms with Crippen molar-refractivity contribution in [3.05, 3.63) is 46.1 Å². The van der Waals surface area contributed by atoms with Gasteiger partial charge in [0.25, 0.3) is 0 Å². The van der Waals surface area contributed by atoms with Crippen LogP contribution in [0.4, 0.5) is 0 Å². The molecule has 42 heavy (non-hydrogen) atoms. The first-order valence-electron chi connectivity index (χ1n) is 12.8. The van der Waals surface area contributed by atoms with Crippen LogP contribution >= 0.6 is 0 Å². The fraction of sp³-hybridized carbons (Fsp3) is 0.444. The van der Waals surface area contributed by atoms with E-state index in [1.807, 2.05) is 0 Å². The zero-order chi connectivity index (χ0) is 30.5. The van der Waals surface area contributed by atoms with Crippen LogP contribution in [-0.4, -0.2) is 115 Å². The van der Waals surface area contributed by atoms with Crippen molar-refractivity contribution >= 4 is 11.0 Å². The molecule has 3 aromatic rings. The molecule has 0 bridgehead atoms. The molecule has 2 aliphatic rings. The predicted molar refractivity (Wildman–Crippen MR) is 139 cm³/mol. The SMILES string of the molecule is COc1cc(O)c2c(=O)cc(-c3ccc(O)c(O)c3)oc2c1[C@@H]1O[C@H](CO)[C@@H](O)[C@H](O)[C@H]1O[C@H]1OC[C@H](O)[C@H](O)[C@H]1O. The summed E-state index contributed by atoms with van der Waals surface area (Å²) in [6, 6.07) is 5.76. The highest BCUT2D eigenvalue weighted by Gasteiger charge is 2.50. The normalized spacial score (nSPS) is 31.7. The van der Waals surface area contributed by atoms with Crippen molar-refractivity contribution in [3.63, 3.8) is 0 Å². The molecule has 0 spiro atoms. The third-order valence-electron chi connectivity index (χ3n) is 7.36. The molecule has 2 saturated heterocycles. The van der Waals surface area contributed by atoms with Crippen LogP contribution in [0.15, 0.2) is 39.5 Å². The van der Waals surface area contributed by atoms with E-state index in [1.54, 1.807) is 0 Å². The maximum Gasteiger partial charge on any atom is 0.197 e. The van der Waals surface area contributed by atoms with Crippen molar-refractivity contribution in [3.8, 4) is 34.3 Å². The minimum Gasteiger partial charge on any atom is -0.507 e. The molecular weight excluding hydrogens is 564 g/mol. The summed E-state index contributed by atoms with van der Waals surface area (Å²) in [6.07, 6.45) is -14.6. The molecule has 2 aliphatic heterocycles. The van der Waals surface area contributed by atoms with Gasteiger partial charge in [0.2, 0.25) is 0 Å². The van der Waals surface area contributed by atoms with Crippen LogP contribution in [0.2, 0.25) is 0 Å². The van der Waals surface area contributed by atoms with Gasteiger partial charge in [-0.25, -0.2) is 0 Å². The van der Waals surface area contributed by atoms with Gasteiger partial charge >= 0.3 is 0 Å². The zero-order valence-electron chi connectivity index (χ0n) is 22.0. The second-order valence-electron chi connectivity index (χ2n) is 10.0. The number of hydrogen-bond acceptors (Lipinski definition) is 15. The molecule has 5 rings (SSSR count). The summed E-state index contributed by atoms with van der Waals surface area (Å²) in [4.78, 5) is 13.2. The van der Waals surface area contributed by atoms with Gasteiger partial charge in [-0.1, -0.05) is 0 Å². The highest BCUT2D eigenvalue weighted by molar-refractivity contribution is 5.89. The second-order valence-corrected chi connectivity index (χ2v) is 10.0. The standard InChI is InChI=1S/C27H30O15/c1-38-16-6-13(32)18-12(31)5-15(9-2-3-10(29)11(30)4-9)40-24(18)19(16)25-26(22(36)21(35)17(7-28)41-25)42-27-23(37)20(34)14(33)8-39-27/h2-6,14,17,20-23,25-30,32-37H,7-8H2,1H3/t14-,17+,20-,21+,22-,23+,25-,26+,27+/m0/s1. The van der Waals surface area contributed by atoms with Crippen LogP contribution < -0.4 is 10.2 Å². The Morgan fingerprint density at radius 1 is 0.905 bits per heavy atom. The lowest BCUT2D eigenvalue weighted by atomic mass is 9.89. The minimum absolute atomic E-state index is 0.118. The van der Waals surface area contributed by atoms with Gasteiger partial charge in [-0.05, 0) is 18.2 Å². The van der Waals surface area contributed by atoms with Crippen molar-refractivity contribution in [2.45, 2.75) is 55.1 Å². The van der Waals surface area contributed by atoms with Gasteiger partial charge < -0.3 is 69.3 Å². The molecule has 228 valence electrons. The van der Waals surface area contributed by atoms with E-state index < -0.39 is 91.0 Å². The lowest BCUT2D eigenvalue weighted by molar-refractivity contribution is -0.325. The molecule has 15 nitrogen and oxygen atoms in total. The number of phenolic OH excluding ortho intramolecular Hbond substituents is 3. The summed E-state index contributed by atoms with van der Waals surface area (Å²) in [5.41, 5.74) is -1.02. The Morgan fingerprint density at radius 2 is 1.64 bits per heavy atom. The first-order chi connectivity index (χ1) is 20.0. The molecule has 9 atom stereocenters. The van der Waals surface area contributed by atoms with E-state index in [1.165, 1.54) is 13.2 Å². The van der Waals surface area contributed by atoms with E-state index in [2.05, 4.69) is 0 Å². The van der Waals surface area contributed by atoms with Crippen molar-refractivity contribution in [1.29, 1.82) is 0 Å². The van der Waals surface area contributed by atoms with Crippen LogP contribution in [0.3, 0.4) is 0 Å². The smallest absolute Gasteiger partial charge is 0.197 e. The Morgan fingerprint density at radius 3 is 2.31 bits per heavy atom. The monoisotopic (exact) mass is 594 g/mol. The maximum absolute atomic E-state index is 13.2. The molecule has 0 saturated carbocycles. The van der Waals surface area contributed by atoms with Crippen LogP contribution in [0.5, 0.6) is 23.0 Å². The molecule has 3 heterocycles. The van der Waals surface area contributed by atoms with E-state index in [4.69, 9.17) is 23.4 Å². The highest BCUT2D eigenvalue weighted by atomic mass is 16.7. The number of phenols is 3. The molecule has 0 amide bonds. The Kier molecular flexibility index (Phi) is 8.30. The zero-order valence-corrected chi connectivity index (χ0v) is 22.0. The summed E-state index contributed by atoms with van der Waals surface area (Å²) >= 11 is 0. The van der Waals surface area contributed by atoms with Crippen molar-refractivity contribution in [2.24, 2.45) is 0 Å². The Bertz CT molecular complexity index is 1510.